The van der Waals surface area contributed by atoms with E-state index < -0.39 is 0 Å². The fourth-order valence-electron chi connectivity index (χ4n) is 2.25. The molecule has 0 atom stereocenters. The van der Waals surface area contributed by atoms with Crippen LogP contribution in [0.1, 0.15) is 4.88 Å². The molecule has 1 amide bonds. The summed E-state index contributed by atoms with van der Waals surface area (Å²) in [6, 6.07) is 22.3. The van der Waals surface area contributed by atoms with Gasteiger partial charge < -0.3 is 10.6 Å². The van der Waals surface area contributed by atoms with Gasteiger partial charge in [0.05, 0.1) is 13.1 Å². The maximum Gasteiger partial charge on any atom is 0.239 e. The number of carbonyl (C=O) groups excluding carboxylic acids is 1. The first-order valence-corrected chi connectivity index (χ1v) is 8.38. The van der Waals surface area contributed by atoms with Crippen molar-refractivity contribution < 1.29 is 4.79 Å². The number of hydrogen-bond acceptors (Lipinski definition) is 3. The number of thiophene rings is 1. The fourth-order valence-corrected chi connectivity index (χ4v) is 2.90. The third-order valence-electron chi connectivity index (χ3n) is 3.48. The Morgan fingerprint density at radius 1 is 0.870 bits per heavy atom. The highest BCUT2D eigenvalue weighted by atomic mass is 32.1. The van der Waals surface area contributed by atoms with Crippen molar-refractivity contribution in [1.82, 2.24) is 5.32 Å². The second kappa shape index (κ2) is 7.61. The summed E-state index contributed by atoms with van der Waals surface area (Å²) >= 11 is 1.64. The molecule has 3 aromatic rings. The van der Waals surface area contributed by atoms with Crippen LogP contribution in [0.3, 0.4) is 0 Å². The SMILES string of the molecule is O=C(CNc1ccc(-c2ccccc2)cc1)NCc1cccs1. The Hall–Kier alpha value is -2.59. The molecule has 2 N–H and O–H groups in total. The summed E-state index contributed by atoms with van der Waals surface area (Å²) in [6.07, 6.45) is 0. The van der Waals surface area contributed by atoms with Crippen LogP contribution in [-0.4, -0.2) is 12.5 Å². The highest BCUT2D eigenvalue weighted by molar-refractivity contribution is 7.09. The van der Waals surface area contributed by atoms with Crippen molar-refractivity contribution in [3.63, 3.8) is 0 Å². The standard InChI is InChI=1S/C19H18N2OS/c22-19(21-13-18-7-4-12-23-18)14-20-17-10-8-16(9-11-17)15-5-2-1-3-6-15/h1-12,20H,13-14H2,(H,21,22). The molecule has 2 aromatic carbocycles. The molecule has 0 aliphatic carbocycles. The zero-order chi connectivity index (χ0) is 15.9. The van der Waals surface area contributed by atoms with Crippen LogP contribution in [0.15, 0.2) is 72.1 Å². The summed E-state index contributed by atoms with van der Waals surface area (Å²) < 4.78 is 0. The van der Waals surface area contributed by atoms with Crippen LogP contribution in [0.2, 0.25) is 0 Å². The van der Waals surface area contributed by atoms with E-state index in [0.717, 1.165) is 10.6 Å². The molecule has 3 nitrogen and oxygen atoms in total. The Labute approximate surface area is 140 Å². The minimum Gasteiger partial charge on any atom is -0.376 e. The topological polar surface area (TPSA) is 41.1 Å². The molecule has 0 saturated heterocycles. The molecule has 0 fully saturated rings. The molecule has 0 radical (unpaired) electrons. The van der Waals surface area contributed by atoms with E-state index in [-0.39, 0.29) is 12.5 Å². The van der Waals surface area contributed by atoms with Gasteiger partial charge in [-0.25, -0.2) is 0 Å². The van der Waals surface area contributed by atoms with Gasteiger partial charge in [-0.3, -0.25) is 4.79 Å². The third kappa shape index (κ3) is 4.44. The van der Waals surface area contributed by atoms with Gasteiger partial charge in [-0.15, -0.1) is 11.3 Å². The highest BCUT2D eigenvalue weighted by Crippen LogP contribution is 2.20. The number of hydrogen-bond donors (Lipinski definition) is 2. The Bertz CT molecular complexity index is 737. The van der Waals surface area contributed by atoms with Crippen LogP contribution < -0.4 is 10.6 Å². The van der Waals surface area contributed by atoms with E-state index >= 15 is 0 Å². The van der Waals surface area contributed by atoms with Crippen LogP contribution in [0.4, 0.5) is 5.69 Å². The first-order valence-electron chi connectivity index (χ1n) is 7.50. The third-order valence-corrected chi connectivity index (χ3v) is 4.36. The molecule has 0 aliphatic heterocycles. The molecule has 0 saturated carbocycles. The van der Waals surface area contributed by atoms with Gasteiger partial charge in [-0.2, -0.15) is 0 Å². The number of rotatable bonds is 6. The lowest BCUT2D eigenvalue weighted by molar-refractivity contribution is -0.119. The van der Waals surface area contributed by atoms with Crippen molar-refractivity contribution >= 4 is 22.9 Å². The molecule has 3 rings (SSSR count). The fraction of sp³-hybridized carbons (Fsp3) is 0.105. The van der Waals surface area contributed by atoms with Crippen molar-refractivity contribution in [3.05, 3.63) is 77.0 Å². The Kier molecular flexibility index (Phi) is 5.06. The molecule has 4 heteroatoms. The quantitative estimate of drug-likeness (QED) is 0.716. The summed E-state index contributed by atoms with van der Waals surface area (Å²) in [7, 11) is 0. The van der Waals surface area contributed by atoms with Crippen LogP contribution in [0.5, 0.6) is 0 Å². The first-order chi connectivity index (χ1) is 11.3. The van der Waals surface area contributed by atoms with Gasteiger partial charge in [0.15, 0.2) is 0 Å². The minimum absolute atomic E-state index is 0.00876. The maximum absolute atomic E-state index is 11.8. The van der Waals surface area contributed by atoms with Crippen molar-refractivity contribution in [2.45, 2.75) is 6.54 Å². The van der Waals surface area contributed by atoms with E-state index in [4.69, 9.17) is 0 Å². The molecule has 0 bridgehead atoms. The van der Waals surface area contributed by atoms with E-state index in [1.807, 2.05) is 47.8 Å². The molecular formula is C19H18N2OS. The molecule has 1 heterocycles. The van der Waals surface area contributed by atoms with E-state index in [1.54, 1.807) is 11.3 Å². The Morgan fingerprint density at radius 2 is 1.61 bits per heavy atom. The average Bonchev–Trinajstić information content (AvgIpc) is 3.13. The highest BCUT2D eigenvalue weighted by Gasteiger charge is 2.02. The van der Waals surface area contributed by atoms with Gasteiger partial charge in [-0.1, -0.05) is 48.5 Å². The van der Waals surface area contributed by atoms with Gasteiger partial charge in [0.25, 0.3) is 0 Å². The summed E-state index contributed by atoms with van der Waals surface area (Å²) in [4.78, 5) is 13.0. The van der Waals surface area contributed by atoms with Crippen molar-refractivity contribution in [2.24, 2.45) is 0 Å². The van der Waals surface area contributed by atoms with Gasteiger partial charge in [0.1, 0.15) is 0 Å². The van der Waals surface area contributed by atoms with Crippen molar-refractivity contribution in [2.75, 3.05) is 11.9 Å². The van der Waals surface area contributed by atoms with Crippen molar-refractivity contribution in [3.8, 4) is 11.1 Å². The predicted octanol–water partition coefficient (Wildman–Crippen LogP) is 4.14. The average molecular weight is 322 g/mol. The van der Waals surface area contributed by atoms with Gasteiger partial charge in [-0.05, 0) is 34.7 Å². The summed E-state index contributed by atoms with van der Waals surface area (Å²) in [5, 5.41) is 8.05. The summed E-state index contributed by atoms with van der Waals surface area (Å²) in [5.41, 5.74) is 3.29. The van der Waals surface area contributed by atoms with Crippen LogP contribution in [0.25, 0.3) is 11.1 Å². The Balaban J connectivity index is 1.49. The van der Waals surface area contributed by atoms with Gasteiger partial charge in [0, 0.05) is 10.6 Å². The summed E-state index contributed by atoms with van der Waals surface area (Å²) in [6.45, 7) is 0.862. The summed E-state index contributed by atoms with van der Waals surface area (Å²) in [5.74, 6) is -0.00876. The van der Waals surface area contributed by atoms with Gasteiger partial charge in [0.2, 0.25) is 5.91 Å². The van der Waals surface area contributed by atoms with Crippen molar-refractivity contribution in [1.29, 1.82) is 0 Å². The number of anilines is 1. The number of carbonyl (C=O) groups is 1. The molecule has 0 unspecified atom stereocenters. The number of benzene rings is 2. The largest absolute Gasteiger partial charge is 0.376 e. The maximum atomic E-state index is 11.8. The number of amides is 1. The van der Waals surface area contributed by atoms with Crippen LogP contribution in [-0.2, 0) is 11.3 Å². The monoisotopic (exact) mass is 322 g/mol. The van der Waals surface area contributed by atoms with Gasteiger partial charge >= 0.3 is 0 Å². The zero-order valence-corrected chi connectivity index (χ0v) is 13.5. The van der Waals surface area contributed by atoms with E-state index in [9.17, 15) is 4.79 Å². The molecule has 0 aliphatic rings. The molecule has 23 heavy (non-hydrogen) atoms. The second-order valence-corrected chi connectivity index (χ2v) is 6.19. The van der Waals surface area contributed by atoms with Crippen LogP contribution >= 0.6 is 11.3 Å². The molecule has 116 valence electrons. The predicted molar refractivity (Wildman–Crippen MR) is 96.5 cm³/mol. The van der Waals surface area contributed by atoms with Crippen LogP contribution in [0, 0.1) is 0 Å². The van der Waals surface area contributed by atoms with E-state index in [2.05, 4.69) is 34.9 Å². The number of nitrogens with one attached hydrogen (secondary N) is 2. The lowest BCUT2D eigenvalue weighted by Crippen LogP contribution is -2.29. The lowest BCUT2D eigenvalue weighted by atomic mass is 10.1. The Morgan fingerprint density at radius 3 is 2.30 bits per heavy atom. The van der Waals surface area contributed by atoms with E-state index in [1.165, 1.54) is 11.1 Å². The smallest absolute Gasteiger partial charge is 0.239 e. The first kappa shape index (κ1) is 15.3. The molecular weight excluding hydrogens is 304 g/mol. The lowest BCUT2D eigenvalue weighted by Gasteiger charge is -2.08. The second-order valence-electron chi connectivity index (χ2n) is 5.15. The normalized spacial score (nSPS) is 10.3. The zero-order valence-electron chi connectivity index (χ0n) is 12.7. The minimum atomic E-state index is -0.00876. The van der Waals surface area contributed by atoms with E-state index in [0.29, 0.717) is 6.54 Å². The molecule has 1 aromatic heterocycles. The molecule has 0 spiro atoms.